The third-order valence-corrected chi connectivity index (χ3v) is 3.42. The van der Waals surface area contributed by atoms with E-state index in [1.54, 1.807) is 18.3 Å². The summed E-state index contributed by atoms with van der Waals surface area (Å²) >= 11 is 0. The number of aliphatic imine (C=N–C) groups is 1. The molecule has 0 spiro atoms. The van der Waals surface area contributed by atoms with Crippen LogP contribution >= 0.6 is 0 Å². The molecule has 0 bridgehead atoms. The van der Waals surface area contributed by atoms with Gasteiger partial charge in [0.05, 0.1) is 10.6 Å². The van der Waals surface area contributed by atoms with Crippen LogP contribution in [0.5, 0.6) is 0 Å². The predicted molar refractivity (Wildman–Crippen MR) is 90.4 cm³/mol. The van der Waals surface area contributed by atoms with Crippen LogP contribution in [0, 0.1) is 10.1 Å². The number of nitro groups is 1. The minimum absolute atomic E-state index is 0.112. The van der Waals surface area contributed by atoms with Crippen molar-refractivity contribution >= 4 is 23.3 Å². The summed E-state index contributed by atoms with van der Waals surface area (Å²) in [5.41, 5.74) is 2.29. The van der Waals surface area contributed by atoms with E-state index in [9.17, 15) is 10.1 Å². The van der Waals surface area contributed by atoms with Gasteiger partial charge in [0.15, 0.2) is 0 Å². The van der Waals surface area contributed by atoms with E-state index in [1.165, 1.54) is 0 Å². The van der Waals surface area contributed by atoms with Gasteiger partial charge in [0, 0.05) is 25.4 Å². The lowest BCUT2D eigenvalue weighted by atomic mass is 10.1. The normalized spacial score (nSPS) is 10.8. The van der Waals surface area contributed by atoms with E-state index in [2.05, 4.69) is 4.99 Å². The number of nitro benzene ring substituents is 1. The second kappa shape index (κ2) is 7.36. The molecule has 0 heterocycles. The molecular weight excluding hydrogens is 278 g/mol. The summed E-state index contributed by atoms with van der Waals surface area (Å²) in [6.45, 7) is 5.43. The van der Waals surface area contributed by atoms with Gasteiger partial charge in [0.2, 0.25) is 0 Å². The molecule has 0 aromatic heterocycles. The minimum atomic E-state index is -0.340. The van der Waals surface area contributed by atoms with Crippen LogP contribution in [-0.2, 0) is 0 Å². The monoisotopic (exact) mass is 297 g/mol. The van der Waals surface area contributed by atoms with Gasteiger partial charge in [-0.15, -0.1) is 0 Å². The smallest absolute Gasteiger partial charge is 0.293 e. The Morgan fingerprint density at radius 1 is 1.14 bits per heavy atom. The molecular formula is C17H19N3O2. The molecule has 0 unspecified atom stereocenters. The Morgan fingerprint density at radius 2 is 1.82 bits per heavy atom. The largest absolute Gasteiger partial charge is 0.367 e. The molecule has 0 aliphatic carbocycles. The fraction of sp³-hybridized carbons (Fsp3) is 0.235. The number of hydrogen-bond donors (Lipinski definition) is 0. The van der Waals surface area contributed by atoms with E-state index in [0.29, 0.717) is 11.3 Å². The summed E-state index contributed by atoms with van der Waals surface area (Å²) < 4.78 is 0. The lowest BCUT2D eigenvalue weighted by Crippen LogP contribution is -2.22. The van der Waals surface area contributed by atoms with E-state index < -0.39 is 0 Å². The van der Waals surface area contributed by atoms with Gasteiger partial charge in [-0.3, -0.25) is 15.1 Å². The van der Waals surface area contributed by atoms with Crippen LogP contribution in [0.25, 0.3) is 0 Å². The first-order valence-corrected chi connectivity index (χ1v) is 7.28. The van der Waals surface area contributed by atoms with Crippen LogP contribution in [0.4, 0.5) is 17.1 Å². The van der Waals surface area contributed by atoms with Crippen molar-refractivity contribution in [3.05, 3.63) is 64.2 Å². The number of rotatable bonds is 6. The Hall–Kier alpha value is -2.69. The predicted octanol–water partition coefficient (Wildman–Crippen LogP) is 4.19. The molecule has 0 aliphatic heterocycles. The summed E-state index contributed by atoms with van der Waals surface area (Å²) in [5.74, 6) is 0. The molecule has 0 atom stereocenters. The summed E-state index contributed by atoms with van der Waals surface area (Å²) in [5, 5.41) is 11.3. The van der Waals surface area contributed by atoms with Gasteiger partial charge in [0.1, 0.15) is 5.69 Å². The molecule has 2 rings (SSSR count). The second-order valence-electron chi connectivity index (χ2n) is 4.77. The zero-order chi connectivity index (χ0) is 15.9. The molecule has 0 amide bonds. The van der Waals surface area contributed by atoms with Crippen molar-refractivity contribution < 1.29 is 4.92 Å². The number of hydrogen-bond acceptors (Lipinski definition) is 4. The molecule has 2 aromatic carbocycles. The van der Waals surface area contributed by atoms with Gasteiger partial charge in [-0.2, -0.15) is 0 Å². The Morgan fingerprint density at radius 3 is 2.41 bits per heavy atom. The summed E-state index contributed by atoms with van der Waals surface area (Å²) in [6.07, 6.45) is 1.65. The highest BCUT2D eigenvalue weighted by Gasteiger charge is 2.17. The van der Waals surface area contributed by atoms with Crippen LogP contribution in [0.15, 0.2) is 53.5 Å². The highest BCUT2D eigenvalue weighted by molar-refractivity contribution is 5.85. The van der Waals surface area contributed by atoms with Crippen molar-refractivity contribution in [3.63, 3.8) is 0 Å². The first-order valence-electron chi connectivity index (χ1n) is 7.28. The van der Waals surface area contributed by atoms with Gasteiger partial charge < -0.3 is 4.90 Å². The quantitative estimate of drug-likeness (QED) is 0.456. The van der Waals surface area contributed by atoms with E-state index in [1.807, 2.05) is 55.1 Å². The molecule has 22 heavy (non-hydrogen) atoms. The molecule has 0 radical (unpaired) electrons. The summed E-state index contributed by atoms with van der Waals surface area (Å²) in [6, 6.07) is 14.7. The Labute approximate surface area is 130 Å². The highest BCUT2D eigenvalue weighted by Crippen LogP contribution is 2.28. The number of nitrogens with zero attached hydrogens (tertiary/aromatic N) is 3. The molecule has 0 saturated carbocycles. The summed E-state index contributed by atoms with van der Waals surface area (Å²) in [7, 11) is 0. The van der Waals surface area contributed by atoms with Gasteiger partial charge in [-0.25, -0.2) is 0 Å². The van der Waals surface area contributed by atoms with Gasteiger partial charge in [-0.05, 0) is 37.6 Å². The Balaban J connectivity index is 2.33. The van der Waals surface area contributed by atoms with Crippen LogP contribution in [0.1, 0.15) is 19.4 Å². The molecule has 0 N–H and O–H groups in total. The number of para-hydroxylation sites is 1. The molecule has 0 aliphatic rings. The zero-order valence-electron chi connectivity index (χ0n) is 12.8. The molecule has 5 heteroatoms. The standard InChI is InChI=1S/C17H19N3O2/c1-3-19(4-2)16-11-10-14(12-17(16)20(21)22)13-18-15-8-6-5-7-9-15/h5-13H,3-4H2,1-2H3. The van der Waals surface area contributed by atoms with Gasteiger partial charge in [-0.1, -0.05) is 24.3 Å². The van der Waals surface area contributed by atoms with Crippen molar-refractivity contribution in [2.45, 2.75) is 13.8 Å². The highest BCUT2D eigenvalue weighted by atomic mass is 16.6. The maximum absolute atomic E-state index is 11.3. The van der Waals surface area contributed by atoms with Crippen molar-refractivity contribution in [2.75, 3.05) is 18.0 Å². The fourth-order valence-electron chi connectivity index (χ4n) is 2.26. The molecule has 0 saturated heterocycles. The van der Waals surface area contributed by atoms with Crippen molar-refractivity contribution in [1.29, 1.82) is 0 Å². The maximum Gasteiger partial charge on any atom is 0.293 e. The Kier molecular flexibility index (Phi) is 5.25. The van der Waals surface area contributed by atoms with Crippen molar-refractivity contribution in [3.8, 4) is 0 Å². The summed E-state index contributed by atoms with van der Waals surface area (Å²) in [4.78, 5) is 17.3. The fourth-order valence-corrected chi connectivity index (χ4v) is 2.26. The minimum Gasteiger partial charge on any atom is -0.367 e. The lowest BCUT2D eigenvalue weighted by Gasteiger charge is -2.20. The second-order valence-corrected chi connectivity index (χ2v) is 4.77. The first kappa shape index (κ1) is 15.7. The van der Waals surface area contributed by atoms with Crippen LogP contribution < -0.4 is 4.90 Å². The molecule has 0 fully saturated rings. The first-order chi connectivity index (χ1) is 10.7. The van der Waals surface area contributed by atoms with Gasteiger partial charge >= 0.3 is 0 Å². The maximum atomic E-state index is 11.3. The topological polar surface area (TPSA) is 58.7 Å². The average Bonchev–Trinajstić information content (AvgIpc) is 2.55. The van der Waals surface area contributed by atoms with Crippen molar-refractivity contribution in [1.82, 2.24) is 0 Å². The van der Waals surface area contributed by atoms with Gasteiger partial charge in [0.25, 0.3) is 5.69 Å². The molecule has 2 aromatic rings. The van der Waals surface area contributed by atoms with Crippen molar-refractivity contribution in [2.24, 2.45) is 4.99 Å². The average molecular weight is 297 g/mol. The van der Waals surface area contributed by atoms with Crippen LogP contribution in [0.2, 0.25) is 0 Å². The molecule has 114 valence electrons. The van der Waals surface area contributed by atoms with Crippen LogP contribution in [0.3, 0.4) is 0 Å². The van der Waals surface area contributed by atoms with Crippen LogP contribution in [-0.4, -0.2) is 24.2 Å². The van der Waals surface area contributed by atoms with E-state index in [0.717, 1.165) is 18.8 Å². The van der Waals surface area contributed by atoms with E-state index in [4.69, 9.17) is 0 Å². The third kappa shape index (κ3) is 3.69. The van der Waals surface area contributed by atoms with E-state index in [-0.39, 0.29) is 10.6 Å². The SMILES string of the molecule is CCN(CC)c1ccc(C=Nc2ccccc2)cc1[N+](=O)[O-]. The lowest BCUT2D eigenvalue weighted by molar-refractivity contribution is -0.384. The Bertz CT molecular complexity index is 665. The number of benzene rings is 2. The zero-order valence-corrected chi connectivity index (χ0v) is 12.8. The third-order valence-electron chi connectivity index (χ3n) is 3.42. The molecule has 5 nitrogen and oxygen atoms in total. The number of anilines is 1. The van der Waals surface area contributed by atoms with E-state index >= 15 is 0 Å².